The van der Waals surface area contributed by atoms with Crippen LogP contribution in [0.3, 0.4) is 0 Å². The van der Waals surface area contributed by atoms with Gasteiger partial charge in [-0.05, 0) is 29.8 Å². The second-order valence-corrected chi connectivity index (χ2v) is 6.67. The fourth-order valence-corrected chi connectivity index (χ4v) is 3.39. The molecule has 0 aromatic heterocycles. The van der Waals surface area contributed by atoms with E-state index in [2.05, 4.69) is 4.90 Å². The van der Waals surface area contributed by atoms with E-state index in [4.69, 9.17) is 9.47 Å². The maximum absolute atomic E-state index is 13.8. The SMILES string of the molecule is O=C(c1ccc(F)cc1F)N1CCN(Cc2ccc3c(c2)OCCO3)CC1. The minimum absolute atomic E-state index is 0.0864. The van der Waals surface area contributed by atoms with Crippen LogP contribution in [0.15, 0.2) is 36.4 Å². The molecular weight excluding hydrogens is 354 g/mol. The number of fused-ring (bicyclic) bond motifs is 1. The monoisotopic (exact) mass is 374 g/mol. The van der Waals surface area contributed by atoms with Crippen LogP contribution >= 0.6 is 0 Å². The Kier molecular flexibility index (Phi) is 4.94. The predicted octanol–water partition coefficient (Wildman–Crippen LogP) is 2.69. The third-order valence-corrected chi connectivity index (χ3v) is 4.83. The molecule has 0 saturated carbocycles. The summed E-state index contributed by atoms with van der Waals surface area (Å²) in [5, 5.41) is 0. The minimum Gasteiger partial charge on any atom is -0.486 e. The molecule has 142 valence electrons. The van der Waals surface area contributed by atoms with E-state index in [1.165, 1.54) is 6.07 Å². The van der Waals surface area contributed by atoms with Gasteiger partial charge in [-0.1, -0.05) is 6.07 Å². The van der Waals surface area contributed by atoms with Gasteiger partial charge in [0.05, 0.1) is 5.56 Å². The molecule has 2 heterocycles. The molecule has 0 unspecified atom stereocenters. The number of hydrogen-bond acceptors (Lipinski definition) is 4. The molecule has 4 rings (SSSR count). The van der Waals surface area contributed by atoms with Crippen molar-refractivity contribution in [2.24, 2.45) is 0 Å². The van der Waals surface area contributed by atoms with E-state index in [0.717, 1.165) is 35.7 Å². The van der Waals surface area contributed by atoms with Gasteiger partial charge in [-0.25, -0.2) is 8.78 Å². The molecule has 2 aromatic rings. The summed E-state index contributed by atoms with van der Waals surface area (Å²) in [5.74, 6) is -0.375. The number of piperazine rings is 1. The maximum Gasteiger partial charge on any atom is 0.256 e. The summed E-state index contributed by atoms with van der Waals surface area (Å²) in [4.78, 5) is 16.3. The second kappa shape index (κ2) is 7.52. The van der Waals surface area contributed by atoms with E-state index in [1.54, 1.807) is 4.90 Å². The van der Waals surface area contributed by atoms with Crippen LogP contribution in [0, 0.1) is 11.6 Å². The smallest absolute Gasteiger partial charge is 0.256 e. The van der Waals surface area contributed by atoms with Gasteiger partial charge >= 0.3 is 0 Å². The Morgan fingerprint density at radius 1 is 0.926 bits per heavy atom. The Labute approximate surface area is 156 Å². The highest BCUT2D eigenvalue weighted by atomic mass is 19.1. The molecule has 27 heavy (non-hydrogen) atoms. The van der Waals surface area contributed by atoms with Gasteiger partial charge in [0.25, 0.3) is 5.91 Å². The van der Waals surface area contributed by atoms with Crippen molar-refractivity contribution in [3.63, 3.8) is 0 Å². The molecule has 7 heteroatoms. The number of nitrogens with zero attached hydrogens (tertiary/aromatic N) is 2. The van der Waals surface area contributed by atoms with Gasteiger partial charge in [0.2, 0.25) is 0 Å². The van der Waals surface area contributed by atoms with Crippen molar-refractivity contribution in [2.45, 2.75) is 6.54 Å². The van der Waals surface area contributed by atoms with Gasteiger partial charge in [0.15, 0.2) is 11.5 Å². The molecule has 0 radical (unpaired) electrons. The zero-order valence-electron chi connectivity index (χ0n) is 14.8. The molecule has 1 fully saturated rings. The summed E-state index contributed by atoms with van der Waals surface area (Å²) in [6.45, 7) is 4.23. The molecule has 2 aliphatic rings. The molecule has 1 saturated heterocycles. The normalized spacial score (nSPS) is 17.0. The fraction of sp³-hybridized carbons (Fsp3) is 0.350. The van der Waals surface area contributed by atoms with Gasteiger partial charge in [-0.2, -0.15) is 0 Å². The van der Waals surface area contributed by atoms with E-state index < -0.39 is 17.5 Å². The Bertz CT molecular complexity index is 851. The third-order valence-electron chi connectivity index (χ3n) is 4.83. The van der Waals surface area contributed by atoms with Crippen LogP contribution < -0.4 is 9.47 Å². The van der Waals surface area contributed by atoms with Gasteiger partial charge in [0, 0.05) is 38.8 Å². The number of carbonyl (C=O) groups is 1. The first-order valence-electron chi connectivity index (χ1n) is 8.95. The van der Waals surface area contributed by atoms with Crippen molar-refractivity contribution >= 4 is 5.91 Å². The Balaban J connectivity index is 1.35. The summed E-state index contributed by atoms with van der Waals surface area (Å²) in [7, 11) is 0. The average molecular weight is 374 g/mol. The van der Waals surface area contributed by atoms with Gasteiger partial charge in [0.1, 0.15) is 24.8 Å². The van der Waals surface area contributed by atoms with Crippen LogP contribution in [0.4, 0.5) is 8.78 Å². The van der Waals surface area contributed by atoms with Crippen molar-refractivity contribution in [2.75, 3.05) is 39.4 Å². The predicted molar refractivity (Wildman–Crippen MR) is 95.0 cm³/mol. The molecule has 0 bridgehead atoms. The van der Waals surface area contributed by atoms with Gasteiger partial charge in [-0.3, -0.25) is 9.69 Å². The maximum atomic E-state index is 13.8. The lowest BCUT2D eigenvalue weighted by Crippen LogP contribution is -2.48. The lowest BCUT2D eigenvalue weighted by Gasteiger charge is -2.35. The summed E-state index contributed by atoms with van der Waals surface area (Å²) < 4.78 is 38.0. The zero-order chi connectivity index (χ0) is 18.8. The molecule has 0 spiro atoms. The Hall–Kier alpha value is -2.67. The van der Waals surface area contributed by atoms with Gasteiger partial charge in [-0.15, -0.1) is 0 Å². The molecule has 5 nitrogen and oxygen atoms in total. The van der Waals surface area contributed by atoms with Crippen molar-refractivity contribution < 1.29 is 23.0 Å². The first-order valence-corrected chi connectivity index (χ1v) is 8.95. The van der Waals surface area contributed by atoms with Gasteiger partial charge < -0.3 is 14.4 Å². The quantitative estimate of drug-likeness (QED) is 0.829. The number of carbonyl (C=O) groups excluding carboxylic acids is 1. The number of ether oxygens (including phenoxy) is 2. The van der Waals surface area contributed by atoms with Crippen molar-refractivity contribution in [1.29, 1.82) is 0 Å². The molecule has 0 atom stereocenters. The Morgan fingerprint density at radius 3 is 2.41 bits per heavy atom. The highest BCUT2D eigenvalue weighted by Gasteiger charge is 2.24. The largest absolute Gasteiger partial charge is 0.486 e. The van der Waals surface area contributed by atoms with E-state index in [0.29, 0.717) is 39.4 Å². The molecule has 2 aromatic carbocycles. The van der Waals surface area contributed by atoms with Crippen LogP contribution in [0.25, 0.3) is 0 Å². The average Bonchev–Trinajstić information content (AvgIpc) is 2.68. The van der Waals surface area contributed by atoms with Crippen LogP contribution in [0.5, 0.6) is 11.5 Å². The lowest BCUT2D eigenvalue weighted by molar-refractivity contribution is 0.0623. The first-order chi connectivity index (χ1) is 13.1. The third kappa shape index (κ3) is 3.88. The van der Waals surface area contributed by atoms with Crippen molar-refractivity contribution in [3.05, 3.63) is 59.2 Å². The lowest BCUT2D eigenvalue weighted by atomic mass is 10.1. The van der Waals surface area contributed by atoms with E-state index in [1.807, 2.05) is 18.2 Å². The Morgan fingerprint density at radius 2 is 1.67 bits per heavy atom. The number of rotatable bonds is 3. The van der Waals surface area contributed by atoms with E-state index in [9.17, 15) is 13.6 Å². The zero-order valence-corrected chi connectivity index (χ0v) is 14.8. The highest BCUT2D eigenvalue weighted by molar-refractivity contribution is 5.94. The highest BCUT2D eigenvalue weighted by Crippen LogP contribution is 2.31. The molecule has 1 amide bonds. The number of benzene rings is 2. The minimum atomic E-state index is -0.821. The van der Waals surface area contributed by atoms with Crippen LogP contribution in [0.2, 0.25) is 0 Å². The molecule has 0 N–H and O–H groups in total. The first kappa shape index (κ1) is 17.7. The van der Waals surface area contributed by atoms with E-state index in [-0.39, 0.29) is 5.56 Å². The fourth-order valence-electron chi connectivity index (χ4n) is 3.39. The van der Waals surface area contributed by atoms with E-state index >= 15 is 0 Å². The van der Waals surface area contributed by atoms with Crippen molar-refractivity contribution in [1.82, 2.24) is 9.80 Å². The van der Waals surface area contributed by atoms with Crippen LogP contribution in [-0.4, -0.2) is 55.1 Å². The number of halogens is 2. The summed E-state index contributed by atoms with van der Waals surface area (Å²) >= 11 is 0. The summed E-state index contributed by atoms with van der Waals surface area (Å²) in [5.41, 5.74) is 1.03. The molecular formula is C20H20F2N2O3. The topological polar surface area (TPSA) is 42.0 Å². The number of hydrogen-bond donors (Lipinski definition) is 0. The summed E-state index contributed by atoms with van der Waals surface area (Å²) in [6.07, 6.45) is 0. The molecule has 0 aliphatic carbocycles. The van der Waals surface area contributed by atoms with Crippen LogP contribution in [0.1, 0.15) is 15.9 Å². The number of amides is 1. The van der Waals surface area contributed by atoms with Crippen molar-refractivity contribution in [3.8, 4) is 11.5 Å². The molecule has 2 aliphatic heterocycles. The van der Waals surface area contributed by atoms with Crippen LogP contribution in [-0.2, 0) is 6.54 Å². The summed E-state index contributed by atoms with van der Waals surface area (Å²) in [6, 6.07) is 8.97. The second-order valence-electron chi connectivity index (χ2n) is 6.67. The standard InChI is InChI=1S/C20H20F2N2O3/c21-15-2-3-16(17(22)12-15)20(25)24-7-5-23(6-8-24)13-14-1-4-18-19(11-14)27-10-9-26-18/h1-4,11-12H,5-10,13H2.